The SMILES string of the molecule is C=C[Si](C)(c1cccc(F)c1)c1cccc(F)c1. The monoisotopic (exact) mass is 260 g/mol. The summed E-state index contributed by atoms with van der Waals surface area (Å²) >= 11 is 0. The Morgan fingerprint density at radius 2 is 1.39 bits per heavy atom. The average molecular weight is 260 g/mol. The van der Waals surface area contributed by atoms with Crippen molar-refractivity contribution in [1.29, 1.82) is 0 Å². The van der Waals surface area contributed by atoms with Gasteiger partial charge in [0.1, 0.15) is 19.7 Å². The highest BCUT2D eigenvalue weighted by Crippen LogP contribution is 2.09. The summed E-state index contributed by atoms with van der Waals surface area (Å²) in [5.41, 5.74) is 1.84. The van der Waals surface area contributed by atoms with Crippen molar-refractivity contribution >= 4 is 18.4 Å². The fourth-order valence-corrected chi connectivity index (χ4v) is 4.59. The van der Waals surface area contributed by atoms with Gasteiger partial charge in [0.15, 0.2) is 0 Å². The van der Waals surface area contributed by atoms with Gasteiger partial charge in [0.2, 0.25) is 0 Å². The maximum absolute atomic E-state index is 13.3. The second-order valence-corrected chi connectivity index (χ2v) is 8.39. The molecule has 0 heterocycles. The van der Waals surface area contributed by atoms with Gasteiger partial charge in [-0.15, -0.1) is 6.58 Å². The highest BCUT2D eigenvalue weighted by Gasteiger charge is 2.28. The number of rotatable bonds is 3. The molecule has 0 fully saturated rings. The molecule has 0 saturated heterocycles. The van der Waals surface area contributed by atoms with E-state index in [2.05, 4.69) is 6.58 Å². The van der Waals surface area contributed by atoms with E-state index in [1.165, 1.54) is 24.3 Å². The van der Waals surface area contributed by atoms with Gasteiger partial charge in [0.05, 0.1) is 0 Å². The first-order chi connectivity index (χ1) is 8.56. The van der Waals surface area contributed by atoms with Crippen LogP contribution in [0.3, 0.4) is 0 Å². The van der Waals surface area contributed by atoms with Crippen LogP contribution in [-0.4, -0.2) is 8.07 Å². The molecule has 0 radical (unpaired) electrons. The molecule has 92 valence electrons. The van der Waals surface area contributed by atoms with E-state index >= 15 is 0 Å². The van der Waals surface area contributed by atoms with Crippen LogP contribution >= 0.6 is 0 Å². The van der Waals surface area contributed by atoms with Gasteiger partial charge in [-0.3, -0.25) is 0 Å². The normalized spacial score (nSPS) is 11.3. The van der Waals surface area contributed by atoms with Crippen molar-refractivity contribution in [2.45, 2.75) is 6.55 Å². The van der Waals surface area contributed by atoms with Gasteiger partial charge < -0.3 is 0 Å². The van der Waals surface area contributed by atoms with Crippen LogP contribution in [0.2, 0.25) is 6.55 Å². The Labute approximate surface area is 107 Å². The Morgan fingerprint density at radius 1 is 0.944 bits per heavy atom. The number of hydrogen-bond acceptors (Lipinski definition) is 0. The zero-order valence-electron chi connectivity index (χ0n) is 10.2. The van der Waals surface area contributed by atoms with Crippen LogP contribution in [0.1, 0.15) is 0 Å². The minimum atomic E-state index is -2.25. The molecular weight excluding hydrogens is 246 g/mol. The molecule has 0 atom stereocenters. The quantitative estimate of drug-likeness (QED) is 0.744. The summed E-state index contributed by atoms with van der Waals surface area (Å²) < 4.78 is 26.7. The highest BCUT2D eigenvalue weighted by molar-refractivity contribution is 7.05. The number of benzene rings is 2. The zero-order chi connectivity index (χ0) is 13.2. The van der Waals surface area contributed by atoms with E-state index in [1.54, 1.807) is 12.1 Å². The van der Waals surface area contributed by atoms with Crippen molar-refractivity contribution in [1.82, 2.24) is 0 Å². The predicted molar refractivity (Wildman–Crippen MR) is 73.9 cm³/mol. The van der Waals surface area contributed by atoms with Crippen LogP contribution < -0.4 is 10.4 Å². The van der Waals surface area contributed by atoms with E-state index in [0.29, 0.717) is 0 Å². The van der Waals surface area contributed by atoms with Gasteiger partial charge in [-0.25, -0.2) is 8.78 Å². The molecular formula is C15H14F2Si. The van der Waals surface area contributed by atoms with E-state index in [-0.39, 0.29) is 11.6 Å². The molecule has 2 aromatic carbocycles. The lowest BCUT2D eigenvalue weighted by Gasteiger charge is -2.24. The van der Waals surface area contributed by atoms with Crippen molar-refractivity contribution in [3.05, 3.63) is 72.4 Å². The number of hydrogen-bond donors (Lipinski definition) is 0. The lowest BCUT2D eigenvalue weighted by molar-refractivity contribution is 0.629. The molecule has 0 unspecified atom stereocenters. The summed E-state index contributed by atoms with van der Waals surface area (Å²) in [4.78, 5) is 0. The standard InChI is InChI=1S/C15H14F2Si/c1-3-18(2,14-8-4-6-12(16)10-14)15-9-5-7-13(17)11-15/h3-11H,1H2,2H3. The fraction of sp³-hybridized carbons (Fsp3) is 0.0667. The van der Waals surface area contributed by atoms with Crippen LogP contribution in [0.4, 0.5) is 8.78 Å². The maximum atomic E-state index is 13.3. The van der Waals surface area contributed by atoms with Crippen molar-refractivity contribution in [3.8, 4) is 0 Å². The molecule has 3 heteroatoms. The molecule has 0 aliphatic carbocycles. The van der Waals surface area contributed by atoms with Crippen LogP contribution in [-0.2, 0) is 0 Å². The van der Waals surface area contributed by atoms with Gasteiger partial charge in [-0.1, -0.05) is 36.5 Å². The number of halogens is 2. The van der Waals surface area contributed by atoms with Gasteiger partial charge in [0.25, 0.3) is 0 Å². The van der Waals surface area contributed by atoms with Crippen LogP contribution in [0, 0.1) is 11.6 Å². The third kappa shape index (κ3) is 2.27. The lowest BCUT2D eigenvalue weighted by Crippen LogP contribution is -2.54. The van der Waals surface area contributed by atoms with Crippen molar-refractivity contribution in [2.24, 2.45) is 0 Å². The Hall–Kier alpha value is -1.74. The molecule has 2 rings (SSSR count). The molecule has 0 amide bonds. The van der Waals surface area contributed by atoms with Gasteiger partial charge in [0, 0.05) is 0 Å². The molecule has 0 bridgehead atoms. The van der Waals surface area contributed by atoms with Crippen LogP contribution in [0.15, 0.2) is 60.8 Å². The molecule has 0 N–H and O–H groups in total. The van der Waals surface area contributed by atoms with E-state index in [4.69, 9.17) is 0 Å². The fourth-order valence-electron chi connectivity index (χ4n) is 2.03. The van der Waals surface area contributed by atoms with Gasteiger partial charge in [-0.05, 0) is 34.6 Å². The summed E-state index contributed by atoms with van der Waals surface area (Å²) in [7, 11) is -2.25. The van der Waals surface area contributed by atoms with Crippen molar-refractivity contribution in [2.75, 3.05) is 0 Å². The second-order valence-electron chi connectivity index (χ2n) is 4.43. The molecule has 0 aliphatic rings. The van der Waals surface area contributed by atoms with E-state index < -0.39 is 8.07 Å². The zero-order valence-corrected chi connectivity index (χ0v) is 11.2. The van der Waals surface area contributed by atoms with Gasteiger partial charge >= 0.3 is 0 Å². The van der Waals surface area contributed by atoms with E-state index in [1.807, 2.05) is 24.4 Å². The summed E-state index contributed by atoms with van der Waals surface area (Å²) in [6.45, 7) is 5.89. The van der Waals surface area contributed by atoms with Crippen molar-refractivity contribution in [3.63, 3.8) is 0 Å². The highest BCUT2D eigenvalue weighted by atomic mass is 28.3. The van der Waals surface area contributed by atoms with Crippen molar-refractivity contribution < 1.29 is 8.78 Å². The predicted octanol–water partition coefficient (Wildman–Crippen LogP) is 2.88. The first-order valence-corrected chi connectivity index (χ1v) is 8.29. The molecule has 0 saturated carbocycles. The van der Waals surface area contributed by atoms with E-state index in [0.717, 1.165) is 10.4 Å². The Kier molecular flexibility index (Phi) is 3.43. The first-order valence-electron chi connectivity index (χ1n) is 5.72. The molecule has 18 heavy (non-hydrogen) atoms. The Bertz CT molecular complexity index is 533. The molecule has 0 aliphatic heterocycles. The lowest BCUT2D eigenvalue weighted by atomic mass is 10.3. The Morgan fingerprint density at radius 3 is 1.72 bits per heavy atom. The summed E-state index contributed by atoms with van der Waals surface area (Å²) in [5.74, 6) is -0.547. The third-order valence-electron chi connectivity index (χ3n) is 3.26. The molecule has 0 nitrogen and oxygen atoms in total. The molecule has 0 spiro atoms. The topological polar surface area (TPSA) is 0 Å². The minimum absolute atomic E-state index is 0.274. The maximum Gasteiger partial charge on any atom is 0.137 e. The summed E-state index contributed by atoms with van der Waals surface area (Å²) in [6, 6.07) is 13.0. The summed E-state index contributed by atoms with van der Waals surface area (Å²) in [5, 5.41) is 1.78. The van der Waals surface area contributed by atoms with Gasteiger partial charge in [-0.2, -0.15) is 0 Å². The Balaban J connectivity index is 2.58. The summed E-state index contributed by atoms with van der Waals surface area (Å²) in [6.07, 6.45) is 0. The smallest absolute Gasteiger partial charge is 0.137 e. The second kappa shape index (κ2) is 4.86. The van der Waals surface area contributed by atoms with Crippen LogP contribution in [0.25, 0.3) is 0 Å². The minimum Gasteiger partial charge on any atom is -0.207 e. The van der Waals surface area contributed by atoms with Crippen LogP contribution in [0.5, 0.6) is 0 Å². The first kappa shape index (κ1) is 12.7. The third-order valence-corrected chi connectivity index (χ3v) is 7.09. The average Bonchev–Trinajstić information content (AvgIpc) is 2.38. The van der Waals surface area contributed by atoms with E-state index in [9.17, 15) is 8.78 Å². The molecule has 2 aromatic rings. The largest absolute Gasteiger partial charge is 0.207 e. The molecule has 0 aromatic heterocycles.